The number of ketones is 1. The summed E-state index contributed by atoms with van der Waals surface area (Å²) in [7, 11) is 0. The van der Waals surface area contributed by atoms with E-state index in [0.29, 0.717) is 0 Å². The van der Waals surface area contributed by atoms with Gasteiger partial charge in [0.1, 0.15) is 0 Å². The summed E-state index contributed by atoms with van der Waals surface area (Å²) in [6.45, 7) is 1.51. The van der Waals surface area contributed by atoms with Crippen LogP contribution in [0.5, 0.6) is 0 Å². The van der Waals surface area contributed by atoms with Crippen LogP contribution in [0.3, 0.4) is 0 Å². The molecular formula is C9H9NO. The number of allylic oxidation sites excluding steroid dienone is 1. The average Bonchev–Trinajstić information content (AvgIpc) is 2.03. The molecule has 0 atom stereocenters. The van der Waals surface area contributed by atoms with Crippen LogP contribution in [0.1, 0.15) is 12.6 Å². The molecule has 0 aliphatic carbocycles. The van der Waals surface area contributed by atoms with Gasteiger partial charge >= 0.3 is 0 Å². The van der Waals surface area contributed by atoms with Gasteiger partial charge in [0.05, 0.1) is 5.69 Å². The first-order valence-electron chi connectivity index (χ1n) is 3.39. The Kier molecular flexibility index (Phi) is 2.55. The Morgan fingerprint density at radius 2 is 2.36 bits per heavy atom. The summed E-state index contributed by atoms with van der Waals surface area (Å²) in [5.74, 6) is 0.0376. The van der Waals surface area contributed by atoms with Gasteiger partial charge in [-0.25, -0.2) is 0 Å². The summed E-state index contributed by atoms with van der Waals surface area (Å²) in [5, 5.41) is 0. The predicted molar refractivity (Wildman–Crippen MR) is 44.0 cm³/mol. The lowest BCUT2D eigenvalue weighted by Crippen LogP contribution is -1.81. The SMILES string of the molecule is CC(=O)/C=C\c1ccccn1. The second kappa shape index (κ2) is 3.66. The number of pyridine rings is 1. The minimum absolute atomic E-state index is 0.0376. The summed E-state index contributed by atoms with van der Waals surface area (Å²) in [4.78, 5) is 14.5. The largest absolute Gasteiger partial charge is 0.295 e. The van der Waals surface area contributed by atoms with Gasteiger partial charge in [0.25, 0.3) is 0 Å². The summed E-state index contributed by atoms with van der Waals surface area (Å²) in [5.41, 5.74) is 0.808. The molecule has 56 valence electrons. The molecule has 1 rings (SSSR count). The van der Waals surface area contributed by atoms with Crippen molar-refractivity contribution in [3.63, 3.8) is 0 Å². The van der Waals surface area contributed by atoms with E-state index in [1.807, 2.05) is 18.2 Å². The van der Waals surface area contributed by atoms with Crippen molar-refractivity contribution >= 4 is 11.9 Å². The van der Waals surface area contributed by atoms with Crippen molar-refractivity contribution in [2.24, 2.45) is 0 Å². The Bertz CT molecular complexity index is 264. The first-order valence-corrected chi connectivity index (χ1v) is 3.39. The lowest BCUT2D eigenvalue weighted by atomic mass is 10.3. The van der Waals surface area contributed by atoms with Gasteiger partial charge in [0.2, 0.25) is 0 Å². The van der Waals surface area contributed by atoms with Gasteiger partial charge in [-0.2, -0.15) is 0 Å². The Hall–Kier alpha value is -1.44. The lowest BCUT2D eigenvalue weighted by molar-refractivity contribution is -0.112. The van der Waals surface area contributed by atoms with E-state index in [-0.39, 0.29) is 5.78 Å². The maximum atomic E-state index is 10.5. The Morgan fingerprint density at radius 1 is 1.55 bits per heavy atom. The van der Waals surface area contributed by atoms with Gasteiger partial charge in [0, 0.05) is 6.20 Å². The Balaban J connectivity index is 2.72. The second-order valence-corrected chi connectivity index (χ2v) is 2.20. The Morgan fingerprint density at radius 3 is 2.91 bits per heavy atom. The highest BCUT2D eigenvalue weighted by Gasteiger charge is 1.85. The standard InChI is InChI=1S/C9H9NO/c1-8(11)5-6-9-4-2-3-7-10-9/h2-7H,1H3/b6-5-. The molecule has 0 fully saturated rings. The molecule has 2 heteroatoms. The van der Waals surface area contributed by atoms with E-state index in [4.69, 9.17) is 0 Å². The monoisotopic (exact) mass is 147 g/mol. The number of carbonyl (C=O) groups is 1. The number of rotatable bonds is 2. The van der Waals surface area contributed by atoms with Crippen LogP contribution in [0.15, 0.2) is 30.5 Å². The number of hydrogen-bond acceptors (Lipinski definition) is 2. The fourth-order valence-electron chi connectivity index (χ4n) is 0.677. The molecule has 1 aromatic rings. The molecule has 1 aromatic heterocycles. The van der Waals surface area contributed by atoms with Gasteiger partial charge < -0.3 is 0 Å². The predicted octanol–water partition coefficient (Wildman–Crippen LogP) is 1.68. The third-order valence-electron chi connectivity index (χ3n) is 1.18. The first-order chi connectivity index (χ1) is 5.29. The van der Waals surface area contributed by atoms with Crippen LogP contribution in [0.2, 0.25) is 0 Å². The fourth-order valence-corrected chi connectivity index (χ4v) is 0.677. The van der Waals surface area contributed by atoms with E-state index < -0.39 is 0 Å². The Labute approximate surface area is 65.6 Å². The molecule has 2 nitrogen and oxygen atoms in total. The molecule has 11 heavy (non-hydrogen) atoms. The van der Waals surface area contributed by atoms with Gasteiger partial charge in [0.15, 0.2) is 5.78 Å². The van der Waals surface area contributed by atoms with Crippen LogP contribution in [-0.4, -0.2) is 10.8 Å². The highest BCUT2D eigenvalue weighted by atomic mass is 16.1. The van der Waals surface area contributed by atoms with Crippen LogP contribution in [0.25, 0.3) is 6.08 Å². The van der Waals surface area contributed by atoms with Crippen molar-refractivity contribution in [2.75, 3.05) is 0 Å². The molecule has 0 aromatic carbocycles. The van der Waals surface area contributed by atoms with Gasteiger partial charge in [-0.05, 0) is 31.2 Å². The van der Waals surface area contributed by atoms with Crippen LogP contribution in [0.4, 0.5) is 0 Å². The molecular weight excluding hydrogens is 138 g/mol. The lowest BCUT2D eigenvalue weighted by Gasteiger charge is -1.87. The van der Waals surface area contributed by atoms with Gasteiger partial charge in [-0.15, -0.1) is 0 Å². The molecule has 0 aliphatic heterocycles. The molecule has 0 unspecified atom stereocenters. The van der Waals surface area contributed by atoms with Crippen molar-refractivity contribution in [2.45, 2.75) is 6.92 Å². The molecule has 1 heterocycles. The van der Waals surface area contributed by atoms with Crippen LogP contribution < -0.4 is 0 Å². The van der Waals surface area contributed by atoms with E-state index in [9.17, 15) is 4.79 Å². The van der Waals surface area contributed by atoms with E-state index in [2.05, 4.69) is 4.98 Å². The smallest absolute Gasteiger partial charge is 0.152 e. The quantitative estimate of drug-likeness (QED) is 0.596. The number of carbonyl (C=O) groups excluding carboxylic acids is 1. The second-order valence-electron chi connectivity index (χ2n) is 2.20. The van der Waals surface area contributed by atoms with Gasteiger partial charge in [-0.1, -0.05) is 6.07 Å². The molecule has 0 spiro atoms. The highest BCUT2D eigenvalue weighted by Crippen LogP contribution is 1.95. The molecule has 0 amide bonds. The van der Waals surface area contributed by atoms with Gasteiger partial charge in [-0.3, -0.25) is 9.78 Å². The van der Waals surface area contributed by atoms with E-state index in [0.717, 1.165) is 5.69 Å². The van der Waals surface area contributed by atoms with Crippen molar-refractivity contribution in [3.8, 4) is 0 Å². The summed E-state index contributed by atoms with van der Waals surface area (Å²) in [6.07, 6.45) is 4.89. The zero-order valence-electron chi connectivity index (χ0n) is 6.32. The molecule has 0 aliphatic rings. The van der Waals surface area contributed by atoms with E-state index in [1.54, 1.807) is 12.3 Å². The van der Waals surface area contributed by atoms with Crippen molar-refractivity contribution in [1.82, 2.24) is 4.98 Å². The maximum Gasteiger partial charge on any atom is 0.152 e. The number of hydrogen-bond donors (Lipinski definition) is 0. The summed E-state index contributed by atoms with van der Waals surface area (Å²) < 4.78 is 0. The van der Waals surface area contributed by atoms with Crippen molar-refractivity contribution in [3.05, 3.63) is 36.2 Å². The highest BCUT2D eigenvalue weighted by molar-refractivity contribution is 5.91. The van der Waals surface area contributed by atoms with Crippen molar-refractivity contribution < 1.29 is 4.79 Å². The number of aromatic nitrogens is 1. The normalized spacial score (nSPS) is 10.3. The van der Waals surface area contributed by atoms with Crippen molar-refractivity contribution in [1.29, 1.82) is 0 Å². The van der Waals surface area contributed by atoms with Crippen LogP contribution >= 0.6 is 0 Å². The van der Waals surface area contributed by atoms with E-state index >= 15 is 0 Å². The third kappa shape index (κ3) is 2.76. The molecule has 0 saturated carbocycles. The molecule has 0 N–H and O–H groups in total. The summed E-state index contributed by atoms with van der Waals surface area (Å²) >= 11 is 0. The van der Waals surface area contributed by atoms with Crippen LogP contribution in [0, 0.1) is 0 Å². The van der Waals surface area contributed by atoms with E-state index in [1.165, 1.54) is 13.0 Å². The first kappa shape index (κ1) is 7.66. The maximum absolute atomic E-state index is 10.5. The third-order valence-corrected chi connectivity index (χ3v) is 1.18. The topological polar surface area (TPSA) is 30.0 Å². The zero-order chi connectivity index (χ0) is 8.10. The van der Waals surface area contributed by atoms with Crippen LogP contribution in [-0.2, 0) is 4.79 Å². The minimum Gasteiger partial charge on any atom is -0.295 e. The zero-order valence-corrected chi connectivity index (χ0v) is 6.32. The molecule has 0 saturated heterocycles. The summed E-state index contributed by atoms with van der Waals surface area (Å²) in [6, 6.07) is 5.57. The average molecular weight is 147 g/mol. The minimum atomic E-state index is 0.0376. The molecule has 0 radical (unpaired) electrons. The molecule has 0 bridgehead atoms. The number of nitrogens with zero attached hydrogens (tertiary/aromatic N) is 1. The fraction of sp³-hybridized carbons (Fsp3) is 0.111.